The number of rotatable bonds is 4. The second kappa shape index (κ2) is 6.10. The third kappa shape index (κ3) is 3.49. The lowest BCUT2D eigenvalue weighted by Gasteiger charge is -2.08. The van der Waals surface area contributed by atoms with E-state index in [4.69, 9.17) is 4.74 Å². The molecule has 1 aromatic heterocycles. The number of benzene rings is 1. The molecule has 0 aliphatic carbocycles. The van der Waals surface area contributed by atoms with Gasteiger partial charge >= 0.3 is 0 Å². The highest BCUT2D eigenvalue weighted by Crippen LogP contribution is 2.14. The number of nitrogens with one attached hydrogen (secondary N) is 1. The molecule has 1 aromatic carbocycles. The van der Waals surface area contributed by atoms with Crippen molar-refractivity contribution in [2.24, 2.45) is 0 Å². The van der Waals surface area contributed by atoms with Crippen molar-refractivity contribution in [3.8, 4) is 0 Å². The van der Waals surface area contributed by atoms with Gasteiger partial charge in [-0.3, -0.25) is 9.48 Å². The number of anilines is 1. The first-order chi connectivity index (χ1) is 10.2. The zero-order valence-corrected chi connectivity index (χ0v) is 12.1. The number of nitrogens with zero attached hydrogens (tertiary/aromatic N) is 2. The number of ether oxygens (including phenoxy) is 1. The molecule has 5 heteroatoms. The summed E-state index contributed by atoms with van der Waals surface area (Å²) >= 11 is 0. The summed E-state index contributed by atoms with van der Waals surface area (Å²) in [6.45, 7) is 3.42. The van der Waals surface area contributed by atoms with Crippen LogP contribution in [0.1, 0.15) is 24.0 Å². The van der Waals surface area contributed by atoms with Crippen LogP contribution in [0.25, 0.3) is 0 Å². The van der Waals surface area contributed by atoms with E-state index in [1.807, 2.05) is 10.9 Å². The first kappa shape index (κ1) is 13.8. The number of hydrogen-bond donors (Lipinski definition) is 1. The molecule has 1 N–H and O–H groups in total. The van der Waals surface area contributed by atoms with Crippen LogP contribution in [0.2, 0.25) is 0 Å². The highest BCUT2D eigenvalue weighted by molar-refractivity contribution is 5.93. The summed E-state index contributed by atoms with van der Waals surface area (Å²) in [6, 6.07) is 10.1. The van der Waals surface area contributed by atoms with Crippen LogP contribution in [-0.2, 0) is 16.1 Å². The van der Waals surface area contributed by atoms with Gasteiger partial charge in [-0.05, 0) is 25.3 Å². The van der Waals surface area contributed by atoms with Gasteiger partial charge in [0.25, 0.3) is 5.91 Å². The first-order valence-electron chi connectivity index (χ1n) is 7.22. The van der Waals surface area contributed by atoms with E-state index in [0.717, 1.165) is 12.8 Å². The second-order valence-electron chi connectivity index (χ2n) is 5.38. The number of carbonyl (C=O) groups is 1. The lowest BCUT2D eigenvalue weighted by Crippen LogP contribution is -2.27. The average Bonchev–Trinajstić information content (AvgIpc) is 3.13. The SMILES string of the molecule is Cc1ccc(Cn2ccc(NC(=O)[C@@H]3CCCO3)n2)cc1. The van der Waals surface area contributed by atoms with Crippen molar-refractivity contribution in [1.82, 2.24) is 9.78 Å². The second-order valence-corrected chi connectivity index (χ2v) is 5.38. The Balaban J connectivity index is 1.60. The van der Waals surface area contributed by atoms with Gasteiger partial charge in [0.2, 0.25) is 0 Å². The van der Waals surface area contributed by atoms with Crippen LogP contribution >= 0.6 is 0 Å². The van der Waals surface area contributed by atoms with E-state index < -0.39 is 0 Å². The molecule has 3 rings (SSSR count). The van der Waals surface area contributed by atoms with Gasteiger partial charge in [0.05, 0.1) is 6.54 Å². The molecule has 0 unspecified atom stereocenters. The summed E-state index contributed by atoms with van der Waals surface area (Å²) in [5, 5.41) is 7.17. The molecule has 2 heterocycles. The highest BCUT2D eigenvalue weighted by atomic mass is 16.5. The van der Waals surface area contributed by atoms with Gasteiger partial charge in [0.15, 0.2) is 5.82 Å². The molecule has 1 fully saturated rings. The fourth-order valence-corrected chi connectivity index (χ4v) is 2.39. The quantitative estimate of drug-likeness (QED) is 0.938. The number of carbonyl (C=O) groups excluding carboxylic acids is 1. The Morgan fingerprint density at radius 1 is 1.38 bits per heavy atom. The van der Waals surface area contributed by atoms with E-state index in [1.54, 1.807) is 6.07 Å². The fourth-order valence-electron chi connectivity index (χ4n) is 2.39. The Morgan fingerprint density at radius 3 is 2.90 bits per heavy atom. The van der Waals surface area contributed by atoms with Gasteiger partial charge in [0.1, 0.15) is 6.10 Å². The van der Waals surface area contributed by atoms with Crippen molar-refractivity contribution >= 4 is 11.7 Å². The minimum absolute atomic E-state index is 0.104. The summed E-state index contributed by atoms with van der Waals surface area (Å²) in [6.07, 6.45) is 3.27. The average molecular weight is 285 g/mol. The topological polar surface area (TPSA) is 56.2 Å². The fraction of sp³-hybridized carbons (Fsp3) is 0.375. The highest BCUT2D eigenvalue weighted by Gasteiger charge is 2.23. The molecular formula is C16H19N3O2. The predicted octanol–water partition coefficient (Wildman–Crippen LogP) is 2.36. The van der Waals surface area contributed by atoms with Gasteiger partial charge < -0.3 is 10.1 Å². The van der Waals surface area contributed by atoms with Gasteiger partial charge in [-0.25, -0.2) is 0 Å². The van der Waals surface area contributed by atoms with Crippen molar-refractivity contribution in [3.63, 3.8) is 0 Å². The maximum absolute atomic E-state index is 11.9. The molecule has 1 saturated heterocycles. The maximum Gasteiger partial charge on any atom is 0.254 e. The molecule has 1 aliphatic rings. The van der Waals surface area contributed by atoms with E-state index in [1.165, 1.54) is 11.1 Å². The maximum atomic E-state index is 11.9. The largest absolute Gasteiger partial charge is 0.368 e. The van der Waals surface area contributed by atoms with Crippen LogP contribution in [-0.4, -0.2) is 28.4 Å². The van der Waals surface area contributed by atoms with E-state index in [2.05, 4.69) is 41.6 Å². The first-order valence-corrected chi connectivity index (χ1v) is 7.22. The molecule has 5 nitrogen and oxygen atoms in total. The lowest BCUT2D eigenvalue weighted by molar-refractivity contribution is -0.124. The molecule has 0 bridgehead atoms. The Hall–Kier alpha value is -2.14. The number of amides is 1. The zero-order valence-electron chi connectivity index (χ0n) is 12.1. The van der Waals surface area contributed by atoms with Crippen molar-refractivity contribution in [2.45, 2.75) is 32.4 Å². The summed E-state index contributed by atoms with van der Waals surface area (Å²) in [7, 11) is 0. The van der Waals surface area contributed by atoms with E-state index in [9.17, 15) is 4.79 Å². The summed E-state index contributed by atoms with van der Waals surface area (Å²) in [5.74, 6) is 0.468. The van der Waals surface area contributed by atoms with Crippen LogP contribution in [0.3, 0.4) is 0 Å². The molecule has 110 valence electrons. The molecule has 1 atom stereocenters. The van der Waals surface area contributed by atoms with Gasteiger partial charge in [0, 0.05) is 18.9 Å². The molecule has 0 radical (unpaired) electrons. The minimum Gasteiger partial charge on any atom is -0.368 e. The number of aryl methyl sites for hydroxylation is 1. The van der Waals surface area contributed by atoms with Crippen LogP contribution in [0.15, 0.2) is 36.5 Å². The van der Waals surface area contributed by atoms with E-state index >= 15 is 0 Å². The normalized spacial score (nSPS) is 17.9. The molecule has 2 aromatic rings. The Kier molecular flexibility index (Phi) is 4.01. The molecular weight excluding hydrogens is 266 g/mol. The van der Waals surface area contributed by atoms with Crippen LogP contribution in [0, 0.1) is 6.92 Å². The Morgan fingerprint density at radius 2 is 2.19 bits per heavy atom. The smallest absolute Gasteiger partial charge is 0.254 e. The minimum atomic E-state index is -0.327. The van der Waals surface area contributed by atoms with Crippen molar-refractivity contribution in [2.75, 3.05) is 11.9 Å². The van der Waals surface area contributed by atoms with Crippen molar-refractivity contribution in [3.05, 3.63) is 47.7 Å². The molecule has 21 heavy (non-hydrogen) atoms. The van der Waals surface area contributed by atoms with Crippen LogP contribution in [0.4, 0.5) is 5.82 Å². The Bertz CT molecular complexity index is 613. The Labute approximate surface area is 123 Å². The standard InChI is InChI=1S/C16H19N3O2/c1-12-4-6-13(7-5-12)11-19-9-8-15(18-19)17-16(20)14-3-2-10-21-14/h4-9,14H,2-3,10-11H2,1H3,(H,17,18,20)/t14-/m0/s1. The van der Waals surface area contributed by atoms with E-state index in [0.29, 0.717) is 19.0 Å². The number of aromatic nitrogens is 2. The zero-order chi connectivity index (χ0) is 14.7. The third-order valence-corrected chi connectivity index (χ3v) is 3.58. The summed E-state index contributed by atoms with van der Waals surface area (Å²) in [4.78, 5) is 11.9. The van der Waals surface area contributed by atoms with Crippen molar-refractivity contribution in [1.29, 1.82) is 0 Å². The van der Waals surface area contributed by atoms with Gasteiger partial charge in [-0.2, -0.15) is 5.10 Å². The molecule has 0 spiro atoms. The van der Waals surface area contributed by atoms with E-state index in [-0.39, 0.29) is 12.0 Å². The van der Waals surface area contributed by atoms with Crippen LogP contribution in [0.5, 0.6) is 0 Å². The number of hydrogen-bond acceptors (Lipinski definition) is 3. The molecule has 1 aliphatic heterocycles. The molecule has 0 saturated carbocycles. The van der Waals surface area contributed by atoms with Crippen LogP contribution < -0.4 is 5.32 Å². The van der Waals surface area contributed by atoms with Gasteiger partial charge in [-0.1, -0.05) is 29.8 Å². The van der Waals surface area contributed by atoms with Crippen molar-refractivity contribution < 1.29 is 9.53 Å². The molecule has 1 amide bonds. The van der Waals surface area contributed by atoms with Gasteiger partial charge in [-0.15, -0.1) is 0 Å². The lowest BCUT2D eigenvalue weighted by atomic mass is 10.1. The third-order valence-electron chi connectivity index (χ3n) is 3.58. The predicted molar refractivity (Wildman–Crippen MR) is 80.1 cm³/mol. The monoisotopic (exact) mass is 285 g/mol. The summed E-state index contributed by atoms with van der Waals surface area (Å²) in [5.41, 5.74) is 2.42. The summed E-state index contributed by atoms with van der Waals surface area (Å²) < 4.78 is 7.17.